The van der Waals surface area contributed by atoms with Crippen LogP contribution in [0.2, 0.25) is 0 Å². The van der Waals surface area contributed by atoms with Crippen molar-refractivity contribution in [3.63, 3.8) is 0 Å². The van der Waals surface area contributed by atoms with Crippen LogP contribution in [0, 0.1) is 23.7 Å². The smallest absolute Gasteiger partial charge is 0.305 e. The molecule has 0 unspecified atom stereocenters. The molecule has 5 N–H and O–H groups in total. The van der Waals surface area contributed by atoms with E-state index < -0.39 is 15.8 Å². The number of hydrogen-bond acceptors (Lipinski definition) is 9. The summed E-state index contributed by atoms with van der Waals surface area (Å²) >= 11 is 0. The lowest BCUT2D eigenvalue weighted by atomic mass is 10.1. The summed E-state index contributed by atoms with van der Waals surface area (Å²) in [4.78, 5) is 24.7. The van der Waals surface area contributed by atoms with Crippen molar-refractivity contribution in [1.29, 1.82) is 0 Å². The molecule has 11 nitrogen and oxygen atoms in total. The van der Waals surface area contributed by atoms with Crippen LogP contribution in [0.1, 0.15) is 131 Å². The molecule has 0 heterocycles. The van der Waals surface area contributed by atoms with E-state index in [9.17, 15) is 18.0 Å². The van der Waals surface area contributed by atoms with Gasteiger partial charge in [0, 0.05) is 50.7 Å². The lowest BCUT2D eigenvalue weighted by Crippen LogP contribution is -2.27. The lowest BCUT2D eigenvalue weighted by Gasteiger charge is -2.15. The first-order valence-electron chi connectivity index (χ1n) is 18.9. The van der Waals surface area contributed by atoms with Crippen molar-refractivity contribution in [2.45, 2.75) is 154 Å². The molecule has 0 saturated heterocycles. The van der Waals surface area contributed by atoms with E-state index in [4.69, 9.17) is 15.6 Å². The van der Waals surface area contributed by atoms with Gasteiger partial charge in [-0.15, -0.1) is 0 Å². The van der Waals surface area contributed by atoms with Crippen LogP contribution in [0.3, 0.4) is 0 Å². The predicted molar refractivity (Wildman–Crippen MR) is 232 cm³/mol. The number of allylic oxidation sites excluding steroid dienone is 1. The van der Waals surface area contributed by atoms with E-state index in [1.807, 2.05) is 48.5 Å². The Morgan fingerprint density at radius 1 is 0.769 bits per heavy atom. The van der Waals surface area contributed by atoms with Crippen LogP contribution in [0.4, 0.5) is 0 Å². The highest BCUT2D eigenvalue weighted by Crippen LogP contribution is 2.01. The van der Waals surface area contributed by atoms with Gasteiger partial charge < -0.3 is 36.0 Å². The molecule has 52 heavy (non-hydrogen) atoms. The number of rotatable bonds is 12. The fraction of sp³-hybridized carbons (Fsp3) is 0.900. The third-order valence-electron chi connectivity index (χ3n) is 6.15. The van der Waals surface area contributed by atoms with Crippen LogP contribution in [-0.2, 0) is 24.2 Å². The number of carbonyl (C=O) groups is 2. The zero-order chi connectivity index (χ0) is 44.0. The second-order valence-corrected chi connectivity index (χ2v) is 17.8. The lowest BCUT2D eigenvalue weighted by molar-refractivity contribution is -0.140. The van der Waals surface area contributed by atoms with E-state index >= 15 is 0 Å². The molecule has 0 spiro atoms. The quantitative estimate of drug-likeness (QED) is 0.156. The van der Waals surface area contributed by atoms with Crippen LogP contribution in [-0.4, -0.2) is 120 Å². The maximum absolute atomic E-state index is 10.6. The second kappa shape index (κ2) is 45.4. The standard InChI is InChI=1S/C9H20N2.C6H13NO.C5H13N.C5H12.C4H10O2S.C4H8O2.C4H10O.C3H9N/c1-8(2)9(3)10-6-7-11(4)5;1-4-7-6(8)5(2)3;1-5(2)6(3)4;1-4-5(2)3;1-4(2)7(3,5)6;1-3(2)4(5)6;1-4(2)5-3;1-3(2)4/h8,10H,3,6-7H2,1-2,4-5H3;5H,4H2,1-3H3,(H,7,8);5H,1-4H3;5H,4H2,1-3H3;4H,1-3H3;3H,1-2H3,(H,5,6);4H,1-3H3;3H,4H2,1-2H3. The van der Waals surface area contributed by atoms with Crippen molar-refractivity contribution in [2.75, 3.05) is 61.2 Å². The van der Waals surface area contributed by atoms with Crippen LogP contribution in [0.15, 0.2) is 12.3 Å². The van der Waals surface area contributed by atoms with Gasteiger partial charge in [0.05, 0.1) is 17.3 Å². The summed E-state index contributed by atoms with van der Waals surface area (Å²) in [6.07, 6.45) is 2.92. The molecular formula is C40H95N5O6S. The number of amides is 1. The van der Waals surface area contributed by atoms with Crippen LogP contribution in [0.5, 0.6) is 0 Å². The van der Waals surface area contributed by atoms with Crippen molar-refractivity contribution in [1.82, 2.24) is 20.4 Å². The van der Waals surface area contributed by atoms with Gasteiger partial charge in [-0.05, 0) is 94.5 Å². The monoisotopic (exact) mass is 774 g/mol. The minimum Gasteiger partial charge on any atom is -0.481 e. The highest BCUT2D eigenvalue weighted by molar-refractivity contribution is 7.91. The summed E-state index contributed by atoms with van der Waals surface area (Å²) in [6, 6.07) is 1.02. The highest BCUT2D eigenvalue weighted by atomic mass is 32.2. The summed E-state index contributed by atoms with van der Waals surface area (Å²) in [5.74, 6) is 0.703. The molecule has 0 aliphatic heterocycles. The van der Waals surface area contributed by atoms with Gasteiger partial charge in [-0.1, -0.05) is 89.2 Å². The minimum atomic E-state index is -2.74. The number of hydrogen-bond donors (Lipinski definition) is 4. The third kappa shape index (κ3) is 97.4. The van der Waals surface area contributed by atoms with Gasteiger partial charge >= 0.3 is 5.97 Å². The number of nitrogens with one attached hydrogen (secondary N) is 2. The van der Waals surface area contributed by atoms with Crippen molar-refractivity contribution >= 4 is 21.7 Å². The Morgan fingerprint density at radius 2 is 1.06 bits per heavy atom. The molecule has 0 bridgehead atoms. The first-order valence-corrected chi connectivity index (χ1v) is 20.9. The van der Waals surface area contributed by atoms with Gasteiger partial charge in [-0.3, -0.25) is 9.59 Å². The Labute approximate surface area is 326 Å². The van der Waals surface area contributed by atoms with Crippen molar-refractivity contribution < 1.29 is 27.9 Å². The topological polar surface area (TPSA) is 154 Å². The number of likely N-dealkylation sites (N-methyl/N-ethyl adjacent to an activating group) is 1. The fourth-order valence-corrected chi connectivity index (χ4v) is 1.02. The normalized spacial score (nSPS) is 10.3. The van der Waals surface area contributed by atoms with Crippen LogP contribution in [0.25, 0.3) is 0 Å². The zero-order valence-corrected chi connectivity index (χ0v) is 39.8. The average Bonchev–Trinajstić information content (AvgIpc) is 2.97. The Morgan fingerprint density at radius 3 is 1.15 bits per heavy atom. The van der Waals surface area contributed by atoms with Crippen LogP contribution < -0.4 is 16.4 Å². The molecule has 0 rings (SSSR count). The second-order valence-electron chi connectivity index (χ2n) is 15.2. The van der Waals surface area contributed by atoms with Gasteiger partial charge in [0.1, 0.15) is 9.84 Å². The Kier molecular flexibility index (Phi) is 59.7. The van der Waals surface area contributed by atoms with Gasteiger partial charge in [-0.25, -0.2) is 8.42 Å². The molecule has 0 aliphatic carbocycles. The molecule has 1 amide bonds. The minimum absolute atomic E-state index is 0.120. The SMILES string of the molecule is C=C(NCCN(C)C)C(C)C.CC(C)C(=O)O.CC(C)N.CC(C)N(C)C.CC(C)S(C)(=O)=O.CCC(C)C.CCNC(=O)C(C)C.COC(C)C. The van der Waals surface area contributed by atoms with E-state index in [0.29, 0.717) is 24.1 Å². The largest absolute Gasteiger partial charge is 0.481 e. The molecule has 0 aromatic heterocycles. The molecule has 0 radical (unpaired) electrons. The molecular weight excluding hydrogens is 679 g/mol. The van der Waals surface area contributed by atoms with E-state index in [1.54, 1.807) is 34.8 Å². The summed E-state index contributed by atoms with van der Waals surface area (Å²) < 4.78 is 25.4. The number of methoxy groups -OCH3 is 1. The summed E-state index contributed by atoms with van der Waals surface area (Å²) in [7, 11) is 7.25. The van der Waals surface area contributed by atoms with Crippen molar-refractivity contribution in [2.24, 2.45) is 29.4 Å². The molecule has 12 heteroatoms. The average molecular weight is 774 g/mol. The zero-order valence-electron chi connectivity index (χ0n) is 39.0. The van der Waals surface area contributed by atoms with Gasteiger partial charge in [0.2, 0.25) is 5.91 Å². The Balaban J connectivity index is -0.0000000723. The molecule has 0 aromatic rings. The van der Waals surface area contributed by atoms with E-state index in [1.165, 1.54) is 12.7 Å². The van der Waals surface area contributed by atoms with Gasteiger partial charge in [0.15, 0.2) is 0 Å². The molecule has 0 fully saturated rings. The van der Waals surface area contributed by atoms with Gasteiger partial charge in [0.25, 0.3) is 0 Å². The summed E-state index contributed by atoms with van der Waals surface area (Å²) in [5, 5.41) is 13.7. The third-order valence-corrected chi connectivity index (χ3v) is 7.87. The Bertz CT molecular complexity index is 840. The first kappa shape index (κ1) is 68.3. The summed E-state index contributed by atoms with van der Waals surface area (Å²) in [5.41, 5.74) is 6.24. The number of sulfone groups is 1. The number of aliphatic carboxylic acids is 1. The van der Waals surface area contributed by atoms with Crippen LogP contribution >= 0.6 is 0 Å². The maximum atomic E-state index is 10.6. The number of carboxylic acid groups (broad SMARTS) is 1. The number of nitrogens with zero attached hydrogens (tertiary/aromatic N) is 2. The highest BCUT2D eigenvalue weighted by Gasteiger charge is 2.05. The molecule has 0 aliphatic rings. The maximum Gasteiger partial charge on any atom is 0.305 e. The number of ether oxygens (including phenoxy) is 1. The Hall–Kier alpha value is -1.73. The van der Waals surface area contributed by atoms with E-state index in [0.717, 1.165) is 31.2 Å². The molecule has 0 aromatic carbocycles. The number of nitrogens with two attached hydrogens (primary N) is 1. The molecule has 0 saturated carbocycles. The number of carboxylic acids is 1. The first-order chi connectivity index (χ1) is 23.2. The van der Waals surface area contributed by atoms with Crippen molar-refractivity contribution in [3.05, 3.63) is 12.3 Å². The predicted octanol–water partition coefficient (Wildman–Crippen LogP) is 7.66. The van der Waals surface area contributed by atoms with Gasteiger partial charge in [-0.2, -0.15) is 0 Å². The van der Waals surface area contributed by atoms with E-state index in [2.05, 4.69) is 104 Å². The summed E-state index contributed by atoms with van der Waals surface area (Å²) in [6.45, 7) is 42.1. The molecule has 0 atom stereocenters. The number of carbonyl (C=O) groups excluding carboxylic acids is 1. The fourth-order valence-electron chi connectivity index (χ4n) is 1.02. The van der Waals surface area contributed by atoms with E-state index in [-0.39, 0.29) is 23.0 Å². The van der Waals surface area contributed by atoms with Crippen molar-refractivity contribution in [3.8, 4) is 0 Å². The molecule has 322 valence electrons.